The van der Waals surface area contributed by atoms with E-state index in [0.29, 0.717) is 12.5 Å². The number of nitrogens with one attached hydrogen (secondary N) is 1. The van der Waals surface area contributed by atoms with E-state index in [1.54, 1.807) is 7.05 Å². The van der Waals surface area contributed by atoms with Crippen molar-refractivity contribution in [3.8, 4) is 0 Å². The average Bonchev–Trinajstić information content (AvgIpc) is 3.02. The number of amides is 1. The van der Waals surface area contributed by atoms with Gasteiger partial charge < -0.3 is 15.3 Å². The van der Waals surface area contributed by atoms with Crippen LogP contribution in [0.4, 0.5) is 5.69 Å². The van der Waals surface area contributed by atoms with Crippen molar-refractivity contribution in [3.05, 3.63) is 47.3 Å². The summed E-state index contributed by atoms with van der Waals surface area (Å²) in [6.45, 7) is 4.77. The Labute approximate surface area is 152 Å². The summed E-state index contributed by atoms with van der Waals surface area (Å²) in [7, 11) is 1.55. The van der Waals surface area contributed by atoms with Crippen LogP contribution in [0.25, 0.3) is 0 Å². The fourth-order valence-corrected chi connectivity index (χ4v) is 3.38. The van der Waals surface area contributed by atoms with Crippen LogP contribution in [-0.4, -0.2) is 39.9 Å². The molecule has 0 bridgehead atoms. The number of aromatic carboxylic acids is 1. The van der Waals surface area contributed by atoms with Crippen LogP contribution in [-0.2, 0) is 13.6 Å². The Morgan fingerprint density at radius 2 is 2.04 bits per heavy atom. The van der Waals surface area contributed by atoms with E-state index < -0.39 is 11.9 Å². The lowest BCUT2D eigenvalue weighted by molar-refractivity contribution is 0.0690. The van der Waals surface area contributed by atoms with Crippen LogP contribution in [0.1, 0.15) is 46.2 Å². The van der Waals surface area contributed by atoms with E-state index in [1.807, 2.05) is 12.1 Å². The monoisotopic (exact) mass is 356 g/mol. The van der Waals surface area contributed by atoms with Crippen LogP contribution in [0, 0.1) is 5.92 Å². The number of hydrogen-bond donors (Lipinski definition) is 2. The van der Waals surface area contributed by atoms with Gasteiger partial charge in [-0.05, 0) is 36.5 Å². The van der Waals surface area contributed by atoms with Crippen molar-refractivity contribution in [2.24, 2.45) is 13.0 Å². The molecule has 138 valence electrons. The van der Waals surface area contributed by atoms with Gasteiger partial charge in [0.1, 0.15) is 11.3 Å². The molecule has 1 unspecified atom stereocenters. The first kappa shape index (κ1) is 18.0. The standard InChI is InChI=1S/C19H24N4O3/c1-13-4-3-9-23(12-13)15-7-5-14(6-8-15)10-20-18(24)17-16(19(25)26)11-21-22(17)2/h5-8,11,13H,3-4,9-10,12H2,1-2H3,(H,20,24)(H,25,26). The zero-order chi connectivity index (χ0) is 18.7. The molecule has 26 heavy (non-hydrogen) atoms. The number of anilines is 1. The third-order valence-corrected chi connectivity index (χ3v) is 4.80. The van der Waals surface area contributed by atoms with E-state index >= 15 is 0 Å². The molecule has 1 aromatic heterocycles. The van der Waals surface area contributed by atoms with Gasteiger partial charge in [-0.15, -0.1) is 0 Å². The summed E-state index contributed by atoms with van der Waals surface area (Å²) in [6.07, 6.45) is 3.69. The molecule has 1 atom stereocenters. The van der Waals surface area contributed by atoms with Gasteiger partial charge >= 0.3 is 5.97 Å². The van der Waals surface area contributed by atoms with Gasteiger partial charge in [0, 0.05) is 32.4 Å². The summed E-state index contributed by atoms with van der Waals surface area (Å²) < 4.78 is 1.28. The van der Waals surface area contributed by atoms with Gasteiger partial charge in [-0.2, -0.15) is 5.10 Å². The van der Waals surface area contributed by atoms with Crippen LogP contribution >= 0.6 is 0 Å². The molecule has 1 aromatic carbocycles. The highest BCUT2D eigenvalue weighted by molar-refractivity contribution is 6.03. The van der Waals surface area contributed by atoms with Crippen LogP contribution in [0.2, 0.25) is 0 Å². The van der Waals surface area contributed by atoms with Gasteiger partial charge in [0.15, 0.2) is 0 Å². The smallest absolute Gasteiger partial charge is 0.339 e. The largest absolute Gasteiger partial charge is 0.478 e. The highest BCUT2D eigenvalue weighted by atomic mass is 16.4. The van der Waals surface area contributed by atoms with Crippen molar-refractivity contribution in [2.75, 3.05) is 18.0 Å². The first-order valence-corrected chi connectivity index (χ1v) is 8.83. The molecule has 3 rings (SSSR count). The molecule has 0 spiro atoms. The van der Waals surface area contributed by atoms with Crippen LogP contribution < -0.4 is 10.2 Å². The molecule has 2 heterocycles. The lowest BCUT2D eigenvalue weighted by Crippen LogP contribution is -2.34. The number of piperidine rings is 1. The maximum atomic E-state index is 12.3. The maximum Gasteiger partial charge on any atom is 0.339 e. The Kier molecular flexibility index (Phi) is 5.25. The van der Waals surface area contributed by atoms with Gasteiger partial charge in [-0.25, -0.2) is 4.79 Å². The zero-order valence-corrected chi connectivity index (χ0v) is 15.1. The molecule has 1 saturated heterocycles. The molecule has 2 aromatic rings. The van der Waals surface area contributed by atoms with E-state index in [1.165, 1.54) is 29.4 Å². The number of carboxylic acids is 1. The number of carboxylic acid groups (broad SMARTS) is 1. The predicted molar refractivity (Wildman–Crippen MR) is 98.4 cm³/mol. The summed E-state index contributed by atoms with van der Waals surface area (Å²) in [5.74, 6) is -0.898. The molecular weight excluding hydrogens is 332 g/mol. The number of hydrogen-bond acceptors (Lipinski definition) is 4. The van der Waals surface area contributed by atoms with Crippen LogP contribution in [0.3, 0.4) is 0 Å². The van der Waals surface area contributed by atoms with Crippen molar-refractivity contribution in [2.45, 2.75) is 26.3 Å². The first-order chi connectivity index (χ1) is 12.5. The van der Waals surface area contributed by atoms with E-state index in [2.05, 4.69) is 34.4 Å². The maximum absolute atomic E-state index is 12.3. The SMILES string of the molecule is CC1CCCN(c2ccc(CNC(=O)c3c(C(=O)O)cnn3C)cc2)C1. The molecule has 1 amide bonds. The number of carbonyl (C=O) groups is 2. The second-order valence-corrected chi connectivity index (χ2v) is 6.88. The molecular formula is C19H24N4O3. The minimum Gasteiger partial charge on any atom is -0.478 e. The zero-order valence-electron chi connectivity index (χ0n) is 15.1. The second kappa shape index (κ2) is 7.59. The third-order valence-electron chi connectivity index (χ3n) is 4.80. The highest BCUT2D eigenvalue weighted by Crippen LogP contribution is 2.23. The molecule has 0 saturated carbocycles. The minimum atomic E-state index is -1.16. The Morgan fingerprint density at radius 3 is 2.69 bits per heavy atom. The molecule has 1 aliphatic heterocycles. The average molecular weight is 356 g/mol. The summed E-state index contributed by atoms with van der Waals surface area (Å²) in [4.78, 5) is 25.9. The molecule has 7 nitrogen and oxygen atoms in total. The van der Waals surface area contributed by atoms with Crippen molar-refractivity contribution >= 4 is 17.6 Å². The summed E-state index contributed by atoms with van der Waals surface area (Å²) in [6, 6.07) is 8.14. The predicted octanol–water partition coefficient (Wildman–Crippen LogP) is 2.28. The second-order valence-electron chi connectivity index (χ2n) is 6.88. The van der Waals surface area contributed by atoms with Gasteiger partial charge in [0.25, 0.3) is 5.91 Å². The fraction of sp³-hybridized carbons (Fsp3) is 0.421. The van der Waals surface area contributed by atoms with Gasteiger partial charge in [0.2, 0.25) is 0 Å². The number of carbonyl (C=O) groups excluding carboxylic acids is 1. The molecule has 2 N–H and O–H groups in total. The first-order valence-electron chi connectivity index (χ1n) is 8.83. The van der Waals surface area contributed by atoms with Gasteiger partial charge in [-0.1, -0.05) is 19.1 Å². The van der Waals surface area contributed by atoms with Crippen molar-refractivity contribution in [1.29, 1.82) is 0 Å². The van der Waals surface area contributed by atoms with E-state index in [-0.39, 0.29) is 11.3 Å². The van der Waals surface area contributed by atoms with Gasteiger partial charge in [0.05, 0.1) is 6.20 Å². The molecule has 7 heteroatoms. The number of aromatic nitrogens is 2. The molecule has 1 fully saturated rings. The normalized spacial score (nSPS) is 17.2. The van der Waals surface area contributed by atoms with Crippen molar-refractivity contribution in [3.63, 3.8) is 0 Å². The van der Waals surface area contributed by atoms with Crippen LogP contribution in [0.15, 0.2) is 30.5 Å². The Morgan fingerprint density at radius 1 is 1.31 bits per heavy atom. The summed E-state index contributed by atoms with van der Waals surface area (Å²) in [5.41, 5.74) is 2.12. The Balaban J connectivity index is 1.62. The topological polar surface area (TPSA) is 87.5 Å². The lowest BCUT2D eigenvalue weighted by Gasteiger charge is -2.32. The molecule has 0 radical (unpaired) electrons. The fourth-order valence-electron chi connectivity index (χ4n) is 3.38. The number of aryl methyl sites for hydroxylation is 1. The Bertz CT molecular complexity index is 798. The minimum absolute atomic E-state index is 0.0522. The quantitative estimate of drug-likeness (QED) is 0.858. The van der Waals surface area contributed by atoms with Gasteiger partial charge in [-0.3, -0.25) is 9.48 Å². The number of rotatable bonds is 5. The van der Waals surface area contributed by atoms with E-state index in [9.17, 15) is 9.59 Å². The summed E-state index contributed by atoms with van der Waals surface area (Å²) in [5, 5.41) is 15.8. The van der Waals surface area contributed by atoms with E-state index in [4.69, 9.17) is 5.11 Å². The van der Waals surface area contributed by atoms with Crippen molar-refractivity contribution < 1.29 is 14.7 Å². The molecule has 1 aliphatic rings. The highest BCUT2D eigenvalue weighted by Gasteiger charge is 2.21. The van der Waals surface area contributed by atoms with Crippen LogP contribution in [0.5, 0.6) is 0 Å². The van der Waals surface area contributed by atoms with Crippen molar-refractivity contribution in [1.82, 2.24) is 15.1 Å². The third kappa shape index (κ3) is 3.87. The summed E-state index contributed by atoms with van der Waals surface area (Å²) >= 11 is 0. The number of nitrogens with zero attached hydrogens (tertiary/aromatic N) is 3. The van der Waals surface area contributed by atoms with E-state index in [0.717, 1.165) is 18.7 Å². The Hall–Kier alpha value is -2.83. The molecule has 0 aliphatic carbocycles. The lowest BCUT2D eigenvalue weighted by atomic mass is 9.99. The number of benzene rings is 1.